The molecule has 0 radical (unpaired) electrons. The molecule has 17 heavy (non-hydrogen) atoms. The molecule has 0 amide bonds. The quantitative estimate of drug-likeness (QED) is 0.593. The molecule has 1 aliphatic rings. The van der Waals surface area contributed by atoms with Gasteiger partial charge in [-0.2, -0.15) is 0 Å². The molecule has 0 aliphatic heterocycles. The Labute approximate surface area is 111 Å². The fourth-order valence-electron chi connectivity index (χ4n) is 2.20. The van der Waals surface area contributed by atoms with E-state index in [4.69, 9.17) is 0 Å². The van der Waals surface area contributed by atoms with Crippen molar-refractivity contribution >= 4 is 32.8 Å². The van der Waals surface area contributed by atoms with E-state index in [0.29, 0.717) is 0 Å². The van der Waals surface area contributed by atoms with E-state index < -0.39 is 0 Å². The summed E-state index contributed by atoms with van der Waals surface area (Å²) in [4.78, 5) is 0. The summed E-state index contributed by atoms with van der Waals surface area (Å²) < 4.78 is 1.24. The molecule has 0 bridgehead atoms. The molecule has 1 aliphatic carbocycles. The molecule has 0 fully saturated rings. The van der Waals surface area contributed by atoms with E-state index in [2.05, 4.69) is 58.4 Å². The number of benzene rings is 2. The number of allylic oxidation sites excluding steroid dienone is 1. The lowest BCUT2D eigenvalue weighted by molar-refractivity contribution is 0.987. The standard InChI is InChI=1S/C14H11Br.C2H6/c15-14-12-7-3-1-5-10(12)9-11-6-2-4-8-13(11)14;1-2/h1,3-5,7-9H,2,6H2;1-2H3. The Morgan fingerprint density at radius 1 is 1.12 bits per heavy atom. The highest BCUT2D eigenvalue weighted by Gasteiger charge is 2.10. The molecule has 1 heteroatoms. The van der Waals surface area contributed by atoms with E-state index in [1.165, 1.54) is 26.4 Å². The monoisotopic (exact) mass is 288 g/mol. The number of fused-ring (bicyclic) bond motifs is 2. The SMILES string of the molecule is Brc1c2c(cc3ccccc13)CCC=C2.CC. The first-order valence-corrected chi connectivity index (χ1v) is 7.02. The summed E-state index contributed by atoms with van der Waals surface area (Å²) in [5, 5.41) is 2.64. The van der Waals surface area contributed by atoms with Crippen LogP contribution in [0.25, 0.3) is 16.8 Å². The third-order valence-corrected chi connectivity index (χ3v) is 3.83. The Morgan fingerprint density at radius 3 is 2.71 bits per heavy atom. The average Bonchev–Trinajstić information content (AvgIpc) is 2.41. The second-order valence-electron chi connectivity index (χ2n) is 3.93. The third kappa shape index (κ3) is 2.30. The van der Waals surface area contributed by atoms with Crippen molar-refractivity contribution in [3.63, 3.8) is 0 Å². The van der Waals surface area contributed by atoms with E-state index in [1.807, 2.05) is 13.8 Å². The van der Waals surface area contributed by atoms with Crippen LogP contribution in [0.3, 0.4) is 0 Å². The van der Waals surface area contributed by atoms with Gasteiger partial charge in [-0.15, -0.1) is 0 Å². The van der Waals surface area contributed by atoms with Crippen LogP contribution in [-0.4, -0.2) is 0 Å². The summed E-state index contributed by atoms with van der Waals surface area (Å²) in [7, 11) is 0. The number of rotatable bonds is 0. The molecule has 0 saturated heterocycles. The Bertz CT molecular complexity index is 553. The second-order valence-corrected chi connectivity index (χ2v) is 4.72. The lowest BCUT2D eigenvalue weighted by atomic mass is 9.94. The maximum absolute atomic E-state index is 3.72. The lowest BCUT2D eigenvalue weighted by Crippen LogP contribution is -1.95. The first-order valence-electron chi connectivity index (χ1n) is 6.23. The Morgan fingerprint density at radius 2 is 1.88 bits per heavy atom. The topological polar surface area (TPSA) is 0 Å². The minimum absolute atomic E-state index is 1.16. The van der Waals surface area contributed by atoms with Gasteiger partial charge in [0.05, 0.1) is 0 Å². The van der Waals surface area contributed by atoms with E-state index in [-0.39, 0.29) is 0 Å². The van der Waals surface area contributed by atoms with E-state index >= 15 is 0 Å². The Balaban J connectivity index is 0.000000514. The van der Waals surface area contributed by atoms with Gasteiger partial charge in [-0.3, -0.25) is 0 Å². The van der Waals surface area contributed by atoms with Crippen LogP contribution in [0.1, 0.15) is 31.4 Å². The second kappa shape index (κ2) is 5.50. The molecule has 0 heterocycles. The minimum atomic E-state index is 1.16. The van der Waals surface area contributed by atoms with E-state index in [0.717, 1.165) is 12.8 Å². The predicted molar refractivity (Wildman–Crippen MR) is 80.4 cm³/mol. The molecule has 0 unspecified atom stereocenters. The zero-order valence-corrected chi connectivity index (χ0v) is 11.9. The van der Waals surface area contributed by atoms with Crippen molar-refractivity contribution in [3.8, 4) is 0 Å². The van der Waals surface area contributed by atoms with Crippen molar-refractivity contribution in [2.24, 2.45) is 0 Å². The van der Waals surface area contributed by atoms with Gasteiger partial charge in [0.15, 0.2) is 0 Å². The van der Waals surface area contributed by atoms with Gasteiger partial charge in [-0.05, 0) is 50.7 Å². The van der Waals surface area contributed by atoms with Crippen molar-refractivity contribution in [2.45, 2.75) is 26.7 Å². The highest BCUT2D eigenvalue weighted by Crippen LogP contribution is 2.34. The van der Waals surface area contributed by atoms with Gasteiger partial charge in [0.25, 0.3) is 0 Å². The van der Waals surface area contributed by atoms with Crippen LogP contribution in [0.15, 0.2) is 40.9 Å². The molecule has 0 aromatic heterocycles. The van der Waals surface area contributed by atoms with Gasteiger partial charge < -0.3 is 0 Å². The summed E-state index contributed by atoms with van der Waals surface area (Å²) in [6.07, 6.45) is 6.81. The molecule has 0 saturated carbocycles. The molecular formula is C16H17Br. The molecule has 0 spiro atoms. The number of aryl methyl sites for hydroxylation is 1. The van der Waals surface area contributed by atoms with Crippen LogP contribution in [0, 0.1) is 0 Å². The zero-order chi connectivity index (χ0) is 12.3. The van der Waals surface area contributed by atoms with Crippen LogP contribution in [0.2, 0.25) is 0 Å². The Hall–Kier alpha value is -1.08. The van der Waals surface area contributed by atoms with Crippen molar-refractivity contribution in [2.75, 3.05) is 0 Å². The van der Waals surface area contributed by atoms with Gasteiger partial charge >= 0.3 is 0 Å². The van der Waals surface area contributed by atoms with Crippen molar-refractivity contribution in [1.29, 1.82) is 0 Å². The van der Waals surface area contributed by atoms with Gasteiger partial charge in [0, 0.05) is 4.47 Å². The van der Waals surface area contributed by atoms with E-state index in [1.54, 1.807) is 0 Å². The summed E-state index contributed by atoms with van der Waals surface area (Å²) in [5.41, 5.74) is 2.82. The van der Waals surface area contributed by atoms with Crippen molar-refractivity contribution in [1.82, 2.24) is 0 Å². The van der Waals surface area contributed by atoms with Gasteiger partial charge in [0.2, 0.25) is 0 Å². The minimum Gasteiger partial charge on any atom is -0.0836 e. The van der Waals surface area contributed by atoms with Crippen LogP contribution in [0.5, 0.6) is 0 Å². The van der Waals surface area contributed by atoms with Crippen molar-refractivity contribution < 1.29 is 0 Å². The predicted octanol–water partition coefficient (Wildman–Crippen LogP) is 5.59. The third-order valence-electron chi connectivity index (χ3n) is 2.97. The van der Waals surface area contributed by atoms with Crippen molar-refractivity contribution in [3.05, 3.63) is 52.0 Å². The van der Waals surface area contributed by atoms with Gasteiger partial charge in [-0.1, -0.05) is 56.3 Å². The largest absolute Gasteiger partial charge is 0.0836 e. The molecule has 0 nitrogen and oxygen atoms in total. The summed E-state index contributed by atoms with van der Waals surface area (Å²) in [6, 6.07) is 10.9. The maximum Gasteiger partial charge on any atom is 0.0328 e. The van der Waals surface area contributed by atoms with Crippen LogP contribution in [-0.2, 0) is 6.42 Å². The van der Waals surface area contributed by atoms with Crippen LogP contribution >= 0.6 is 15.9 Å². The zero-order valence-electron chi connectivity index (χ0n) is 10.3. The highest BCUT2D eigenvalue weighted by molar-refractivity contribution is 9.10. The number of hydrogen-bond donors (Lipinski definition) is 0. The normalized spacial score (nSPS) is 12.9. The summed E-state index contributed by atoms with van der Waals surface area (Å²) in [6.45, 7) is 4.00. The molecule has 88 valence electrons. The number of hydrogen-bond acceptors (Lipinski definition) is 0. The molecule has 2 aromatic carbocycles. The number of halogens is 1. The smallest absolute Gasteiger partial charge is 0.0328 e. The first-order chi connectivity index (χ1) is 8.36. The highest BCUT2D eigenvalue weighted by atomic mass is 79.9. The first kappa shape index (κ1) is 12.4. The lowest BCUT2D eigenvalue weighted by Gasteiger charge is -2.14. The van der Waals surface area contributed by atoms with Crippen LogP contribution in [0.4, 0.5) is 0 Å². The average molecular weight is 289 g/mol. The molecule has 0 N–H and O–H groups in total. The molecular weight excluding hydrogens is 272 g/mol. The molecule has 3 rings (SSSR count). The summed E-state index contributed by atoms with van der Waals surface area (Å²) >= 11 is 3.72. The maximum atomic E-state index is 3.72. The fraction of sp³-hybridized carbons (Fsp3) is 0.250. The molecule has 0 atom stereocenters. The Kier molecular flexibility index (Phi) is 4.01. The molecule has 2 aromatic rings. The van der Waals surface area contributed by atoms with Crippen LogP contribution < -0.4 is 0 Å². The summed E-state index contributed by atoms with van der Waals surface area (Å²) in [5.74, 6) is 0. The fourth-order valence-corrected chi connectivity index (χ4v) is 2.95. The van der Waals surface area contributed by atoms with Gasteiger partial charge in [0.1, 0.15) is 0 Å². The van der Waals surface area contributed by atoms with Gasteiger partial charge in [-0.25, -0.2) is 0 Å². The van der Waals surface area contributed by atoms with E-state index in [9.17, 15) is 0 Å².